The first-order valence-corrected chi connectivity index (χ1v) is 10.1. The highest BCUT2D eigenvalue weighted by Crippen LogP contribution is 2.47. The molecule has 2 rings (SSSR count). The van der Waals surface area contributed by atoms with Crippen molar-refractivity contribution in [3.63, 3.8) is 0 Å². The van der Waals surface area contributed by atoms with E-state index in [1.807, 2.05) is 0 Å². The molecule has 138 valence electrons. The van der Waals surface area contributed by atoms with Crippen LogP contribution in [0.25, 0.3) is 0 Å². The Morgan fingerprint density at radius 3 is 2.58 bits per heavy atom. The minimum absolute atomic E-state index is 0.319. The molecule has 7 heteroatoms. The van der Waals surface area contributed by atoms with Crippen LogP contribution in [0.2, 0.25) is 0 Å². The first kappa shape index (κ1) is 19.7. The van der Waals surface area contributed by atoms with Crippen LogP contribution in [0.5, 0.6) is 0 Å². The third kappa shape index (κ3) is 6.34. The number of nitrogens with zero attached hydrogens (tertiary/aromatic N) is 1. The number of hydrogen-bond donors (Lipinski definition) is 1. The first-order valence-electron chi connectivity index (χ1n) is 8.63. The number of phosphoric acid groups is 1. The standard InChI is InChI=1S/C17H30NO5P/c1-14-10-11-18(16(12-14)15-8-6-5-7-9-15)21-13-22-24(19,20)23-17(2,3)4/h10,12,15H,5-9,11,13H2,1-4H3,(H,19,20). The van der Waals surface area contributed by atoms with Gasteiger partial charge in [0.25, 0.3) is 0 Å². The molecule has 0 aromatic rings. The van der Waals surface area contributed by atoms with Crippen LogP contribution in [0.1, 0.15) is 59.8 Å². The van der Waals surface area contributed by atoms with Crippen LogP contribution in [0.15, 0.2) is 23.4 Å². The van der Waals surface area contributed by atoms with E-state index < -0.39 is 13.4 Å². The topological polar surface area (TPSA) is 68.2 Å². The number of allylic oxidation sites excluding steroid dienone is 3. The van der Waals surface area contributed by atoms with E-state index in [0.717, 1.165) is 18.5 Å². The van der Waals surface area contributed by atoms with E-state index in [-0.39, 0.29) is 6.79 Å². The molecule has 6 nitrogen and oxygen atoms in total. The maximum atomic E-state index is 11.9. The molecule has 1 saturated carbocycles. The maximum absolute atomic E-state index is 11.9. The van der Waals surface area contributed by atoms with Crippen molar-refractivity contribution >= 4 is 7.82 Å². The Bertz CT molecular complexity index is 532. The van der Waals surface area contributed by atoms with Crippen LogP contribution < -0.4 is 0 Å². The lowest BCUT2D eigenvalue weighted by Gasteiger charge is -2.35. The molecule has 0 radical (unpaired) electrons. The molecule has 1 atom stereocenters. The number of hydroxylamine groups is 2. The van der Waals surface area contributed by atoms with Gasteiger partial charge in [-0.05, 0) is 46.6 Å². The molecule has 1 fully saturated rings. The van der Waals surface area contributed by atoms with Crippen molar-refractivity contribution in [1.29, 1.82) is 0 Å². The average Bonchev–Trinajstić information content (AvgIpc) is 2.47. The highest BCUT2D eigenvalue weighted by atomic mass is 31.2. The lowest BCUT2D eigenvalue weighted by molar-refractivity contribution is -0.186. The fraction of sp³-hybridized carbons (Fsp3) is 0.765. The second kappa shape index (κ2) is 8.15. The van der Waals surface area contributed by atoms with Gasteiger partial charge in [-0.15, -0.1) is 0 Å². The monoisotopic (exact) mass is 359 g/mol. The summed E-state index contributed by atoms with van der Waals surface area (Å²) in [6.45, 7) is 7.47. The molecule has 0 spiro atoms. The van der Waals surface area contributed by atoms with E-state index in [2.05, 4.69) is 19.1 Å². The molecular weight excluding hydrogens is 329 g/mol. The summed E-state index contributed by atoms with van der Waals surface area (Å²) in [5.41, 5.74) is 1.60. The summed E-state index contributed by atoms with van der Waals surface area (Å²) < 4.78 is 21.9. The highest BCUT2D eigenvalue weighted by molar-refractivity contribution is 7.47. The summed E-state index contributed by atoms with van der Waals surface area (Å²) in [6, 6.07) is 0. The average molecular weight is 359 g/mol. The zero-order chi connectivity index (χ0) is 17.8. The maximum Gasteiger partial charge on any atom is 0.474 e. The van der Waals surface area contributed by atoms with E-state index in [9.17, 15) is 9.46 Å². The van der Waals surface area contributed by atoms with E-state index in [0.29, 0.717) is 12.5 Å². The third-order valence-corrected chi connectivity index (χ3v) is 5.29. The summed E-state index contributed by atoms with van der Waals surface area (Å²) in [5, 5.41) is 1.78. The van der Waals surface area contributed by atoms with Crippen molar-refractivity contribution in [2.24, 2.45) is 5.92 Å². The fourth-order valence-corrected chi connectivity index (χ4v) is 4.00. The molecule has 1 heterocycles. The fourth-order valence-electron chi connectivity index (χ4n) is 3.07. The van der Waals surface area contributed by atoms with E-state index in [1.54, 1.807) is 25.8 Å². The van der Waals surface area contributed by atoms with Crippen LogP contribution in [0.4, 0.5) is 0 Å². The van der Waals surface area contributed by atoms with Crippen molar-refractivity contribution in [1.82, 2.24) is 5.06 Å². The summed E-state index contributed by atoms with van der Waals surface area (Å²) in [6.07, 6.45) is 10.3. The molecule has 1 N–H and O–H groups in total. The molecule has 0 aromatic carbocycles. The Hall–Kier alpha value is -0.650. The van der Waals surface area contributed by atoms with Gasteiger partial charge in [-0.1, -0.05) is 30.9 Å². The summed E-state index contributed by atoms with van der Waals surface area (Å²) in [4.78, 5) is 15.4. The number of phosphoric ester groups is 1. The van der Waals surface area contributed by atoms with Gasteiger partial charge in [0.05, 0.1) is 12.1 Å². The van der Waals surface area contributed by atoms with Crippen molar-refractivity contribution < 1.29 is 23.3 Å². The van der Waals surface area contributed by atoms with Gasteiger partial charge in [-0.2, -0.15) is 0 Å². The van der Waals surface area contributed by atoms with Gasteiger partial charge in [0.15, 0.2) is 6.79 Å². The van der Waals surface area contributed by atoms with Crippen molar-refractivity contribution in [2.45, 2.75) is 65.4 Å². The Morgan fingerprint density at radius 2 is 1.96 bits per heavy atom. The van der Waals surface area contributed by atoms with Crippen LogP contribution in [0.3, 0.4) is 0 Å². The largest absolute Gasteiger partial charge is 0.474 e. The Kier molecular flexibility index (Phi) is 6.68. The van der Waals surface area contributed by atoms with Gasteiger partial charge in [0, 0.05) is 11.6 Å². The minimum atomic E-state index is -4.13. The Labute approximate surface area is 145 Å². The summed E-state index contributed by atoms with van der Waals surface area (Å²) in [5.74, 6) is 0.481. The van der Waals surface area contributed by atoms with E-state index in [4.69, 9.17) is 13.9 Å². The zero-order valence-corrected chi connectivity index (χ0v) is 16.1. The van der Waals surface area contributed by atoms with E-state index >= 15 is 0 Å². The van der Waals surface area contributed by atoms with Crippen LogP contribution in [-0.4, -0.2) is 28.9 Å². The molecule has 0 aromatic heterocycles. The molecule has 0 saturated heterocycles. The summed E-state index contributed by atoms with van der Waals surface area (Å²) in [7, 11) is -4.13. The van der Waals surface area contributed by atoms with E-state index in [1.165, 1.54) is 24.8 Å². The molecule has 24 heavy (non-hydrogen) atoms. The second-order valence-corrected chi connectivity index (χ2v) is 8.84. The zero-order valence-electron chi connectivity index (χ0n) is 15.2. The van der Waals surface area contributed by atoms with Crippen LogP contribution in [-0.2, 0) is 18.5 Å². The molecule has 2 aliphatic rings. The van der Waals surface area contributed by atoms with Gasteiger partial charge >= 0.3 is 7.82 Å². The lowest BCUT2D eigenvalue weighted by Crippen LogP contribution is -2.32. The smallest absolute Gasteiger partial charge is 0.302 e. The molecule has 0 bridgehead atoms. The van der Waals surface area contributed by atoms with Crippen molar-refractivity contribution in [3.8, 4) is 0 Å². The Morgan fingerprint density at radius 1 is 1.29 bits per heavy atom. The Balaban J connectivity index is 1.91. The summed E-state index contributed by atoms with van der Waals surface area (Å²) >= 11 is 0. The number of rotatable bonds is 6. The van der Waals surface area contributed by atoms with Crippen LogP contribution >= 0.6 is 7.82 Å². The predicted molar refractivity (Wildman–Crippen MR) is 92.8 cm³/mol. The van der Waals surface area contributed by atoms with Gasteiger partial charge in [0.2, 0.25) is 0 Å². The van der Waals surface area contributed by atoms with Crippen molar-refractivity contribution in [3.05, 3.63) is 23.4 Å². The SMILES string of the molecule is CC1=CCN(OCOP(=O)(O)OC(C)(C)C)C(C2CCCCC2)=C1. The highest BCUT2D eigenvalue weighted by Gasteiger charge is 2.30. The number of hydrogen-bond acceptors (Lipinski definition) is 5. The second-order valence-electron chi connectivity index (χ2n) is 7.46. The minimum Gasteiger partial charge on any atom is -0.302 e. The van der Waals surface area contributed by atoms with Crippen molar-refractivity contribution in [2.75, 3.05) is 13.3 Å². The first-order chi connectivity index (χ1) is 11.2. The molecule has 1 aliphatic carbocycles. The van der Waals surface area contributed by atoms with Gasteiger partial charge in [0.1, 0.15) is 0 Å². The van der Waals surface area contributed by atoms with Gasteiger partial charge in [-0.3, -0.25) is 14.1 Å². The lowest BCUT2D eigenvalue weighted by atomic mass is 9.85. The molecular formula is C17H30NO5P. The van der Waals surface area contributed by atoms with Gasteiger partial charge in [-0.25, -0.2) is 9.40 Å². The quantitative estimate of drug-likeness (QED) is 0.555. The van der Waals surface area contributed by atoms with Gasteiger partial charge < -0.3 is 4.89 Å². The van der Waals surface area contributed by atoms with Crippen LogP contribution in [0, 0.1) is 5.92 Å². The third-order valence-electron chi connectivity index (χ3n) is 4.08. The normalized spacial score (nSPS) is 22.8. The molecule has 1 aliphatic heterocycles. The predicted octanol–water partition coefficient (Wildman–Crippen LogP) is 4.53. The molecule has 0 amide bonds. The molecule has 1 unspecified atom stereocenters.